The highest BCUT2D eigenvalue weighted by atomic mass is 31.2. The van der Waals surface area contributed by atoms with Gasteiger partial charge in [-0.2, -0.15) is 5.06 Å². The lowest BCUT2D eigenvalue weighted by molar-refractivity contribution is -0.384. The highest BCUT2D eigenvalue weighted by molar-refractivity contribution is 7.96. The van der Waals surface area contributed by atoms with Gasteiger partial charge in [-0.15, -0.1) is 0 Å². The second-order valence-electron chi connectivity index (χ2n) is 12.9. The first-order chi connectivity index (χ1) is 26.1. The number of rotatable bonds is 13. The molecule has 54 heavy (non-hydrogen) atoms. The average molecular weight is 744 g/mol. The summed E-state index contributed by atoms with van der Waals surface area (Å²) in [6.45, 7) is -1.66. The lowest BCUT2D eigenvalue weighted by Crippen LogP contribution is -2.65. The van der Waals surface area contributed by atoms with Crippen molar-refractivity contribution in [2.75, 3.05) is 7.05 Å². The Hall–Kier alpha value is -6.16. The molecular formula is C42H38N3O8P. The van der Waals surface area contributed by atoms with E-state index in [1.165, 1.54) is 50.4 Å². The molecule has 2 amide bonds. The SMILES string of the molecule is CNC(=O)c1ccc(C(=O)C[C@@H]2[C@@H]([C@@H](C)O)C(=O)N2OC(=O)C(Cc2ccc([N+](=O)[O-])cc2)=P(c2ccccc2)(c2ccccc2)c2ccccc2)cc1. The van der Waals surface area contributed by atoms with E-state index in [1.54, 1.807) is 12.1 Å². The molecule has 1 aliphatic heterocycles. The van der Waals surface area contributed by atoms with Crippen LogP contribution in [0.4, 0.5) is 5.69 Å². The number of hydroxylamine groups is 2. The third-order valence-electron chi connectivity index (χ3n) is 9.60. The maximum atomic E-state index is 15.0. The lowest BCUT2D eigenvalue weighted by Gasteiger charge is -2.46. The minimum atomic E-state index is -3.10. The molecule has 1 saturated heterocycles. The predicted molar refractivity (Wildman–Crippen MR) is 208 cm³/mol. The molecule has 2 N–H and O–H groups in total. The molecule has 0 spiro atoms. The van der Waals surface area contributed by atoms with Gasteiger partial charge in [-0.1, -0.05) is 115 Å². The van der Waals surface area contributed by atoms with Gasteiger partial charge in [-0.25, -0.2) is 4.79 Å². The Morgan fingerprint density at radius 1 is 0.796 bits per heavy atom. The Labute approximate surface area is 312 Å². The minimum Gasteiger partial charge on any atom is -0.393 e. The number of hydrogen-bond donors (Lipinski definition) is 2. The van der Waals surface area contributed by atoms with Crippen molar-refractivity contribution in [3.63, 3.8) is 0 Å². The van der Waals surface area contributed by atoms with Crippen molar-refractivity contribution < 1.29 is 34.0 Å². The van der Waals surface area contributed by atoms with E-state index in [9.17, 15) is 29.6 Å². The molecule has 12 heteroatoms. The number of carbonyl (C=O) groups is 4. The fraction of sp³-hybridized carbons (Fsp3) is 0.167. The first-order valence-corrected chi connectivity index (χ1v) is 19.1. The predicted octanol–water partition coefficient (Wildman–Crippen LogP) is 4.60. The van der Waals surface area contributed by atoms with E-state index >= 15 is 4.79 Å². The molecule has 1 aliphatic rings. The van der Waals surface area contributed by atoms with Crippen LogP contribution in [0.25, 0.3) is 0 Å². The van der Waals surface area contributed by atoms with Gasteiger partial charge in [0.15, 0.2) is 5.78 Å². The number of non-ortho nitro benzene ring substituents is 1. The summed E-state index contributed by atoms with van der Waals surface area (Å²) >= 11 is 0. The quantitative estimate of drug-likeness (QED) is 0.0583. The van der Waals surface area contributed by atoms with Gasteiger partial charge in [0.1, 0.15) is 0 Å². The summed E-state index contributed by atoms with van der Waals surface area (Å²) in [6.07, 6.45) is -1.40. The normalized spacial score (nSPS) is 15.8. The third kappa shape index (κ3) is 7.37. The van der Waals surface area contributed by atoms with E-state index in [2.05, 4.69) is 5.32 Å². The summed E-state index contributed by atoms with van der Waals surface area (Å²) < 4.78 is 0. The number of nitro groups is 1. The van der Waals surface area contributed by atoms with Crippen LogP contribution in [0, 0.1) is 16.0 Å². The van der Waals surface area contributed by atoms with Gasteiger partial charge in [0, 0.05) is 43.1 Å². The van der Waals surface area contributed by atoms with Crippen LogP contribution < -0.4 is 21.2 Å². The van der Waals surface area contributed by atoms with Crippen molar-refractivity contribution in [1.29, 1.82) is 0 Å². The number of aliphatic hydroxyl groups excluding tert-OH is 1. The second-order valence-corrected chi connectivity index (χ2v) is 16.3. The number of Topliss-reactive ketones (excluding diaryl/α,β-unsaturated/α-hetero) is 1. The summed E-state index contributed by atoms with van der Waals surface area (Å²) in [5.74, 6) is -3.17. The fourth-order valence-corrected chi connectivity index (χ4v) is 11.3. The Morgan fingerprint density at radius 2 is 1.28 bits per heavy atom. The first kappa shape index (κ1) is 37.6. The van der Waals surface area contributed by atoms with Crippen molar-refractivity contribution in [3.05, 3.63) is 166 Å². The molecule has 5 aromatic rings. The van der Waals surface area contributed by atoms with Crippen LogP contribution in [-0.2, 0) is 20.8 Å². The third-order valence-corrected chi connectivity index (χ3v) is 14.0. The van der Waals surface area contributed by atoms with Crippen LogP contribution in [0.1, 0.15) is 39.6 Å². The molecular weight excluding hydrogens is 705 g/mol. The summed E-state index contributed by atoms with van der Waals surface area (Å²) in [6, 6.07) is 39.7. The number of ketones is 1. The largest absolute Gasteiger partial charge is 0.393 e. The molecule has 6 rings (SSSR count). The molecule has 0 bridgehead atoms. The van der Waals surface area contributed by atoms with Crippen LogP contribution in [0.15, 0.2) is 140 Å². The zero-order valence-electron chi connectivity index (χ0n) is 29.6. The fourth-order valence-electron chi connectivity index (χ4n) is 6.92. The van der Waals surface area contributed by atoms with Crippen molar-refractivity contribution in [1.82, 2.24) is 10.4 Å². The second kappa shape index (κ2) is 16.2. The summed E-state index contributed by atoms with van der Waals surface area (Å²) in [5, 5.41) is 28.4. The van der Waals surface area contributed by atoms with Gasteiger partial charge in [0.05, 0.1) is 28.3 Å². The Morgan fingerprint density at radius 3 is 1.72 bits per heavy atom. The smallest absolute Gasteiger partial charge is 0.360 e. The molecule has 0 aliphatic carbocycles. The standard InChI is InChI=1S/C42H38N3O8P/c1-28(46)39-36(27-37(47)30-20-22-31(23-21-30)40(48)43-2)44(41(39)49)53-42(50)38(26-29-18-24-32(25-19-29)45(51)52)54(33-12-6-3-7-13-33,34-14-8-4-9-15-34)35-16-10-5-11-17-35/h3-25,28,36,39,46H,26-27H2,1-2H3,(H,43,48)/t28-,36-,39-/m1/s1. The van der Waals surface area contributed by atoms with Crippen LogP contribution in [0.5, 0.6) is 0 Å². The monoisotopic (exact) mass is 743 g/mol. The summed E-state index contributed by atoms with van der Waals surface area (Å²) in [7, 11) is 1.50. The van der Waals surface area contributed by atoms with Gasteiger partial charge in [0.2, 0.25) is 0 Å². The zero-order valence-corrected chi connectivity index (χ0v) is 30.5. The zero-order chi connectivity index (χ0) is 38.4. The molecule has 0 aromatic heterocycles. The van der Waals surface area contributed by atoms with Gasteiger partial charge < -0.3 is 15.3 Å². The van der Waals surface area contributed by atoms with Gasteiger partial charge in [-0.3, -0.25) is 24.5 Å². The van der Waals surface area contributed by atoms with Gasteiger partial charge >= 0.3 is 5.97 Å². The maximum Gasteiger partial charge on any atom is 0.360 e. The number of aliphatic hydroxyl groups is 1. The van der Waals surface area contributed by atoms with Crippen LogP contribution in [0.2, 0.25) is 0 Å². The summed E-state index contributed by atoms with van der Waals surface area (Å²) in [4.78, 5) is 71.3. The van der Waals surface area contributed by atoms with Crippen LogP contribution in [-0.4, -0.2) is 63.1 Å². The van der Waals surface area contributed by atoms with E-state index in [0.29, 0.717) is 16.4 Å². The number of carbonyl (C=O) groups excluding carboxylic acids is 4. The minimum absolute atomic E-state index is 0.00638. The van der Waals surface area contributed by atoms with Crippen molar-refractivity contribution in [2.45, 2.75) is 31.9 Å². The first-order valence-electron chi connectivity index (χ1n) is 17.3. The molecule has 3 atom stereocenters. The molecule has 0 radical (unpaired) electrons. The van der Waals surface area contributed by atoms with Gasteiger partial charge in [-0.05, 0) is 47.4 Å². The number of amides is 2. The van der Waals surface area contributed by atoms with Crippen LogP contribution >= 0.6 is 6.89 Å². The molecule has 0 unspecified atom stereocenters. The molecule has 0 saturated carbocycles. The molecule has 5 aromatic carbocycles. The number of benzene rings is 5. The molecule has 274 valence electrons. The highest BCUT2D eigenvalue weighted by Gasteiger charge is 2.53. The highest BCUT2D eigenvalue weighted by Crippen LogP contribution is 2.47. The molecule has 11 nitrogen and oxygen atoms in total. The van der Waals surface area contributed by atoms with E-state index in [4.69, 9.17) is 4.84 Å². The van der Waals surface area contributed by atoms with E-state index in [0.717, 1.165) is 21.0 Å². The van der Waals surface area contributed by atoms with Crippen molar-refractivity contribution in [2.24, 2.45) is 5.92 Å². The number of nitro benzene ring substituents is 1. The van der Waals surface area contributed by atoms with Gasteiger partial charge in [0.25, 0.3) is 17.5 Å². The van der Waals surface area contributed by atoms with E-state index < -0.39 is 41.7 Å². The lowest BCUT2D eigenvalue weighted by atomic mass is 9.81. The topological polar surface area (TPSA) is 156 Å². The number of β-lactam (4-membered cyclic amide) rings is 1. The molecule has 1 fully saturated rings. The maximum absolute atomic E-state index is 15.0. The molecule has 1 heterocycles. The average Bonchev–Trinajstić information content (AvgIpc) is 3.20. The number of hydrogen-bond acceptors (Lipinski definition) is 8. The van der Waals surface area contributed by atoms with Crippen molar-refractivity contribution >= 4 is 57.3 Å². The Bertz CT molecular complexity index is 2120. The van der Waals surface area contributed by atoms with E-state index in [-0.39, 0.29) is 35.8 Å². The Kier molecular flexibility index (Phi) is 11.3. The van der Waals surface area contributed by atoms with Crippen LogP contribution in [0.3, 0.4) is 0 Å². The van der Waals surface area contributed by atoms with Crippen molar-refractivity contribution in [3.8, 4) is 0 Å². The summed E-state index contributed by atoms with van der Waals surface area (Å²) in [5.41, 5.74) is 1.14. The van der Waals surface area contributed by atoms with E-state index in [1.807, 2.05) is 91.0 Å². The number of nitrogens with one attached hydrogen (secondary N) is 1. The number of nitrogens with zero attached hydrogens (tertiary/aromatic N) is 2. The Balaban J connectivity index is 1.49.